The molecule has 2 rings (SSSR count). The van der Waals surface area contributed by atoms with Crippen LogP contribution < -0.4 is 15.8 Å². The lowest BCUT2D eigenvalue weighted by molar-refractivity contribution is -0.122. The van der Waals surface area contributed by atoms with E-state index in [1.807, 2.05) is 24.3 Å². The van der Waals surface area contributed by atoms with Crippen molar-refractivity contribution in [3.8, 4) is 5.75 Å². The predicted molar refractivity (Wildman–Crippen MR) is 83.0 cm³/mol. The Morgan fingerprint density at radius 1 is 1.52 bits per heavy atom. The van der Waals surface area contributed by atoms with Crippen LogP contribution in [0, 0.1) is 5.92 Å². The van der Waals surface area contributed by atoms with Gasteiger partial charge >= 0.3 is 0 Å². The second-order valence-corrected chi connectivity index (χ2v) is 5.79. The average Bonchev–Trinajstić information content (AvgIpc) is 2.49. The third kappa shape index (κ3) is 4.72. The Labute approximate surface area is 126 Å². The van der Waals surface area contributed by atoms with E-state index in [9.17, 15) is 4.79 Å². The van der Waals surface area contributed by atoms with Crippen LogP contribution in [0.5, 0.6) is 5.75 Å². The number of amides is 1. The summed E-state index contributed by atoms with van der Waals surface area (Å²) in [7, 11) is 1.64. The Hall–Kier alpha value is -1.59. The van der Waals surface area contributed by atoms with Gasteiger partial charge in [-0.05, 0) is 36.6 Å². The molecule has 0 spiro atoms. The minimum Gasteiger partial charge on any atom is -0.497 e. The number of benzene rings is 1. The number of nitrogens with two attached hydrogens (primary N) is 1. The zero-order chi connectivity index (χ0) is 15.2. The van der Waals surface area contributed by atoms with Crippen molar-refractivity contribution >= 4 is 5.91 Å². The predicted octanol–water partition coefficient (Wildman–Crippen LogP) is 0.981. The summed E-state index contributed by atoms with van der Waals surface area (Å²) < 4.78 is 5.17. The van der Waals surface area contributed by atoms with Gasteiger partial charge in [0, 0.05) is 19.1 Å². The lowest BCUT2D eigenvalue weighted by Gasteiger charge is -2.34. The molecular weight excluding hydrogens is 266 g/mol. The lowest BCUT2D eigenvalue weighted by Crippen LogP contribution is -2.50. The van der Waals surface area contributed by atoms with E-state index in [1.54, 1.807) is 7.11 Å². The molecule has 2 atom stereocenters. The molecule has 116 valence electrons. The van der Waals surface area contributed by atoms with E-state index < -0.39 is 0 Å². The number of likely N-dealkylation sites (tertiary alicyclic amines) is 1. The van der Waals surface area contributed by atoms with Gasteiger partial charge in [0.2, 0.25) is 5.91 Å². The molecule has 0 aromatic heterocycles. The largest absolute Gasteiger partial charge is 0.497 e. The van der Waals surface area contributed by atoms with Crippen LogP contribution in [0.15, 0.2) is 24.3 Å². The Morgan fingerprint density at radius 3 is 3.05 bits per heavy atom. The molecule has 1 aliphatic heterocycles. The van der Waals surface area contributed by atoms with Crippen LogP contribution >= 0.6 is 0 Å². The standard InChI is InChI=1S/C16H25N3O2/c1-12-6-7-19(10-15(12)17)11-16(20)18-9-13-4-3-5-14(8-13)21-2/h3-5,8,12,15H,6-7,9-11,17H2,1-2H3,(H,18,20). The van der Waals surface area contributed by atoms with E-state index in [0.29, 0.717) is 19.0 Å². The summed E-state index contributed by atoms with van der Waals surface area (Å²) in [5.74, 6) is 1.39. The summed E-state index contributed by atoms with van der Waals surface area (Å²) in [6, 6.07) is 7.89. The molecule has 1 amide bonds. The second kappa shape index (κ2) is 7.43. The van der Waals surface area contributed by atoms with Gasteiger partial charge in [0.05, 0.1) is 13.7 Å². The van der Waals surface area contributed by atoms with Crippen LogP contribution in [0.25, 0.3) is 0 Å². The SMILES string of the molecule is COc1cccc(CNC(=O)CN2CCC(C)C(N)C2)c1. The first-order chi connectivity index (χ1) is 10.1. The molecule has 1 aromatic rings. The van der Waals surface area contributed by atoms with Crippen LogP contribution in [0.4, 0.5) is 0 Å². The number of carbonyl (C=O) groups is 1. The number of hydrogen-bond acceptors (Lipinski definition) is 4. The fourth-order valence-corrected chi connectivity index (χ4v) is 2.56. The summed E-state index contributed by atoms with van der Waals surface area (Å²) in [6.07, 6.45) is 1.06. The molecule has 0 radical (unpaired) electrons. The molecule has 0 saturated carbocycles. The van der Waals surface area contributed by atoms with Crippen LogP contribution in [-0.2, 0) is 11.3 Å². The first kappa shape index (κ1) is 15.8. The number of nitrogens with zero attached hydrogens (tertiary/aromatic N) is 1. The number of hydrogen-bond donors (Lipinski definition) is 2. The van der Waals surface area contributed by atoms with Crippen molar-refractivity contribution in [2.24, 2.45) is 11.7 Å². The summed E-state index contributed by atoms with van der Waals surface area (Å²) in [5, 5.41) is 2.95. The van der Waals surface area contributed by atoms with Gasteiger partial charge in [-0.15, -0.1) is 0 Å². The fraction of sp³-hybridized carbons (Fsp3) is 0.562. The average molecular weight is 291 g/mol. The van der Waals surface area contributed by atoms with E-state index in [-0.39, 0.29) is 11.9 Å². The van der Waals surface area contributed by atoms with Crippen LogP contribution in [-0.4, -0.2) is 43.6 Å². The van der Waals surface area contributed by atoms with Gasteiger partial charge < -0.3 is 15.8 Å². The smallest absolute Gasteiger partial charge is 0.234 e. The van der Waals surface area contributed by atoms with Gasteiger partial charge in [0.25, 0.3) is 0 Å². The number of piperidine rings is 1. The zero-order valence-corrected chi connectivity index (χ0v) is 12.8. The van der Waals surface area contributed by atoms with Crippen LogP contribution in [0.2, 0.25) is 0 Å². The molecule has 1 saturated heterocycles. The number of carbonyl (C=O) groups excluding carboxylic acids is 1. The number of rotatable bonds is 5. The Balaban J connectivity index is 1.77. The van der Waals surface area contributed by atoms with Crippen molar-refractivity contribution in [1.29, 1.82) is 0 Å². The molecule has 1 fully saturated rings. The Bertz CT molecular complexity index is 478. The van der Waals surface area contributed by atoms with Gasteiger partial charge in [-0.2, -0.15) is 0 Å². The van der Waals surface area contributed by atoms with E-state index >= 15 is 0 Å². The van der Waals surface area contributed by atoms with E-state index in [4.69, 9.17) is 10.5 Å². The molecule has 2 unspecified atom stereocenters. The lowest BCUT2D eigenvalue weighted by atomic mass is 9.94. The topological polar surface area (TPSA) is 67.6 Å². The van der Waals surface area contributed by atoms with Gasteiger partial charge in [-0.1, -0.05) is 19.1 Å². The maximum atomic E-state index is 12.0. The van der Waals surface area contributed by atoms with E-state index in [0.717, 1.165) is 30.8 Å². The summed E-state index contributed by atoms with van der Waals surface area (Å²) in [6.45, 7) is 4.86. The van der Waals surface area contributed by atoms with Gasteiger partial charge in [-0.3, -0.25) is 9.69 Å². The Morgan fingerprint density at radius 2 is 2.33 bits per heavy atom. The highest BCUT2D eigenvalue weighted by molar-refractivity contribution is 5.78. The molecule has 0 bridgehead atoms. The Kier molecular flexibility index (Phi) is 5.59. The summed E-state index contributed by atoms with van der Waals surface area (Å²) in [4.78, 5) is 14.1. The fourth-order valence-electron chi connectivity index (χ4n) is 2.56. The monoisotopic (exact) mass is 291 g/mol. The molecular formula is C16H25N3O2. The summed E-state index contributed by atoms with van der Waals surface area (Å²) in [5.41, 5.74) is 7.09. The van der Waals surface area contributed by atoms with E-state index in [2.05, 4.69) is 17.1 Å². The van der Waals surface area contributed by atoms with Crippen molar-refractivity contribution in [2.75, 3.05) is 26.7 Å². The minimum absolute atomic E-state index is 0.0413. The van der Waals surface area contributed by atoms with Gasteiger partial charge in [0.1, 0.15) is 5.75 Å². The number of methoxy groups -OCH3 is 1. The first-order valence-electron chi connectivity index (χ1n) is 7.46. The van der Waals surface area contributed by atoms with Gasteiger partial charge in [0.15, 0.2) is 0 Å². The maximum absolute atomic E-state index is 12.0. The first-order valence-corrected chi connectivity index (χ1v) is 7.46. The molecule has 3 N–H and O–H groups in total. The maximum Gasteiger partial charge on any atom is 0.234 e. The van der Waals surface area contributed by atoms with Crippen molar-refractivity contribution in [3.05, 3.63) is 29.8 Å². The van der Waals surface area contributed by atoms with Crippen molar-refractivity contribution in [1.82, 2.24) is 10.2 Å². The molecule has 5 nitrogen and oxygen atoms in total. The molecule has 5 heteroatoms. The highest BCUT2D eigenvalue weighted by Crippen LogP contribution is 2.15. The molecule has 1 aliphatic rings. The molecule has 21 heavy (non-hydrogen) atoms. The molecule has 1 heterocycles. The third-order valence-electron chi connectivity index (χ3n) is 4.09. The van der Waals surface area contributed by atoms with Crippen molar-refractivity contribution in [2.45, 2.75) is 25.9 Å². The normalized spacial score (nSPS) is 22.8. The van der Waals surface area contributed by atoms with Crippen molar-refractivity contribution in [3.63, 3.8) is 0 Å². The number of nitrogens with one attached hydrogen (secondary N) is 1. The highest BCUT2D eigenvalue weighted by Gasteiger charge is 2.24. The minimum atomic E-state index is 0.0413. The van der Waals surface area contributed by atoms with Crippen LogP contribution in [0.3, 0.4) is 0 Å². The van der Waals surface area contributed by atoms with Gasteiger partial charge in [-0.25, -0.2) is 0 Å². The summed E-state index contributed by atoms with van der Waals surface area (Å²) >= 11 is 0. The molecule has 1 aromatic carbocycles. The third-order valence-corrected chi connectivity index (χ3v) is 4.09. The van der Waals surface area contributed by atoms with Crippen LogP contribution in [0.1, 0.15) is 18.9 Å². The number of ether oxygens (including phenoxy) is 1. The highest BCUT2D eigenvalue weighted by atomic mass is 16.5. The second-order valence-electron chi connectivity index (χ2n) is 5.79. The molecule has 0 aliphatic carbocycles. The van der Waals surface area contributed by atoms with Crippen molar-refractivity contribution < 1.29 is 9.53 Å². The quantitative estimate of drug-likeness (QED) is 0.848. The van der Waals surface area contributed by atoms with E-state index in [1.165, 1.54) is 0 Å². The zero-order valence-electron chi connectivity index (χ0n) is 12.8.